The summed E-state index contributed by atoms with van der Waals surface area (Å²) >= 11 is 0. The number of halogens is 18. The molecule has 0 bridgehead atoms. The van der Waals surface area contributed by atoms with E-state index in [1.54, 1.807) is 51.7 Å². The molecule has 4 heterocycles. The summed E-state index contributed by atoms with van der Waals surface area (Å²) in [5.41, 5.74) is 3.39. The Bertz CT molecular complexity index is 4950. The second-order valence-corrected chi connectivity index (χ2v) is 23.2. The first-order valence-corrected chi connectivity index (χ1v) is 31.7. The van der Waals surface area contributed by atoms with Gasteiger partial charge in [0.15, 0.2) is 0 Å². The summed E-state index contributed by atoms with van der Waals surface area (Å²) in [4.78, 5) is 61.3. The van der Waals surface area contributed by atoms with Crippen molar-refractivity contribution in [2.24, 2.45) is 13.0 Å². The minimum atomic E-state index is -4.67. The number of alkyl halides is 18. The van der Waals surface area contributed by atoms with E-state index >= 15 is 0 Å². The highest BCUT2D eigenvalue weighted by atomic mass is 19.4. The molecule has 0 aliphatic heterocycles. The second-order valence-electron chi connectivity index (χ2n) is 23.2. The molecule has 39 heteroatoms. The molecule has 6 aromatic carbocycles. The third-order valence-corrected chi connectivity index (χ3v) is 15.9. The number of nitro benzene ring substituents is 1. The number of nitrogens with two attached hydrogens (primary N) is 1. The number of ether oxygens (including phenoxy) is 8. The number of carbonyl (C=O) groups is 4. The van der Waals surface area contributed by atoms with Gasteiger partial charge in [0.2, 0.25) is 0 Å². The van der Waals surface area contributed by atoms with E-state index in [1.165, 1.54) is 78.7 Å². The zero-order valence-corrected chi connectivity index (χ0v) is 61.2. The minimum Gasteiger partial charge on any atom is -0.496 e. The molecular formula is C72H72F18N6O15. The van der Waals surface area contributed by atoms with Gasteiger partial charge < -0.3 is 68.3 Å². The number of esters is 2. The van der Waals surface area contributed by atoms with E-state index in [0.717, 1.165) is 78.6 Å². The Hall–Kier alpha value is -11.7. The van der Waals surface area contributed by atoms with E-state index < -0.39 is 111 Å². The molecule has 0 saturated heterocycles. The fourth-order valence-electron chi connectivity index (χ4n) is 10.2. The molecule has 1 unspecified atom stereocenters. The number of non-ortho nitro benzene ring substituents is 1. The number of carbonyl (C=O) groups excluding carboxylic acids is 3. The summed E-state index contributed by atoms with van der Waals surface area (Å²) in [6.45, 7) is 13.6. The third kappa shape index (κ3) is 23.4. The number of hydrogen-bond donors (Lipinski definition) is 5. The van der Waals surface area contributed by atoms with Gasteiger partial charge in [-0.15, -0.1) is 0 Å². The number of nitro groups is 1. The van der Waals surface area contributed by atoms with E-state index in [1.807, 2.05) is 13.8 Å². The molecule has 10 rings (SSSR count). The lowest BCUT2D eigenvalue weighted by molar-refractivity contribution is -0.385. The Morgan fingerprint density at radius 3 is 1.24 bits per heavy atom. The summed E-state index contributed by atoms with van der Waals surface area (Å²) in [7, 11) is 8.76. The number of methoxy groups -OCH3 is 6. The Balaban J connectivity index is 0.000000276. The van der Waals surface area contributed by atoms with E-state index in [9.17, 15) is 108 Å². The number of fused-ring (bicyclic) bond motifs is 4. The number of nitrogens with zero attached hydrogens (tertiary/aromatic N) is 2. The summed E-state index contributed by atoms with van der Waals surface area (Å²) < 4.78 is 267. The quantitative estimate of drug-likeness (QED) is 0.0179. The number of aromatic carboxylic acids is 1. The lowest BCUT2D eigenvalue weighted by atomic mass is 10.1. The predicted octanol–water partition coefficient (Wildman–Crippen LogP) is 19.6. The maximum Gasteiger partial charge on any atom is 0.420 e. The first kappa shape index (κ1) is 91.7. The lowest BCUT2D eigenvalue weighted by Gasteiger charge is -2.12. The normalized spacial score (nSPS) is 11.8. The average molecular weight is 1600 g/mol. The number of H-pyrrole nitrogens is 3. The molecule has 0 aliphatic rings. The molecule has 0 radical (unpaired) electrons. The number of hydrogen-bond acceptors (Lipinski definition) is 15. The standard InChI is InChI=1S/C14H14F3NO3.C12H10F3NO3.C12H12F3NO.C11H10F3NO.C8H6F3NO3.C8H8F3NO.C7H12O3/c1-4-21-13(19)12-7(2)8-5-11(20-3)9(14(15,16)17)6-10(8)18-12;1-5-6-3-9(19-2)7(12(13,14)15)4-8(6)16-10(5)11(17)18;1-7-6-16(2)10-5-9(12(13,14)15)11(17-3)4-8(7)10;1-6-5-15-9-4-8(11(12,13)14)10(16-2)3-7(6)9;1-15-7-3-2-5(12(13)14)4-6(7)8(9,10)11;1-13-7-3-2-5(12)4-6(7)8(9,10)11;1-4-10-7(9)5(2)6(3)8/h5-6,18H,4H2,1-3H3;3-4,16H,1-2H3,(H,17,18);4-6H,1-3H3;3-5,15H,1-2H3;2-4H,1H3;2-4H,12H2,1H3;5H,4H2,1-3H3. The highest BCUT2D eigenvalue weighted by Gasteiger charge is 2.40. The van der Waals surface area contributed by atoms with Gasteiger partial charge in [-0.05, 0) is 150 Å². The van der Waals surface area contributed by atoms with Crippen molar-refractivity contribution < 1.29 is 146 Å². The fourth-order valence-corrected chi connectivity index (χ4v) is 10.2. The summed E-state index contributed by atoms with van der Waals surface area (Å²) in [6, 6.07) is 15.0. The third-order valence-electron chi connectivity index (χ3n) is 15.9. The van der Waals surface area contributed by atoms with Crippen molar-refractivity contribution in [1.82, 2.24) is 19.5 Å². The molecule has 10 aromatic rings. The number of anilines is 1. The molecule has 111 heavy (non-hydrogen) atoms. The number of aromatic amines is 3. The van der Waals surface area contributed by atoms with Gasteiger partial charge in [-0.1, -0.05) is 0 Å². The van der Waals surface area contributed by atoms with Gasteiger partial charge in [-0.25, -0.2) is 9.59 Å². The average Bonchev–Trinajstić information content (AvgIpc) is 1.74. The molecule has 0 fully saturated rings. The zero-order chi connectivity index (χ0) is 84.7. The van der Waals surface area contributed by atoms with E-state index in [2.05, 4.69) is 29.2 Å². The Kier molecular flexibility index (Phi) is 30.7. The summed E-state index contributed by atoms with van der Waals surface area (Å²) in [5, 5.41) is 21.6. The smallest absolute Gasteiger partial charge is 0.420 e. The molecule has 0 saturated carbocycles. The van der Waals surface area contributed by atoms with Crippen molar-refractivity contribution in [3.8, 4) is 34.5 Å². The molecule has 21 nitrogen and oxygen atoms in total. The van der Waals surface area contributed by atoms with Gasteiger partial charge in [0.1, 0.15) is 63.1 Å². The van der Waals surface area contributed by atoms with Crippen LogP contribution in [0.3, 0.4) is 0 Å². The number of benzene rings is 6. The van der Waals surface area contributed by atoms with Gasteiger partial charge in [0, 0.05) is 80.9 Å². The molecule has 0 spiro atoms. The van der Waals surface area contributed by atoms with Gasteiger partial charge in [-0.2, -0.15) is 79.0 Å². The van der Waals surface area contributed by atoms with E-state index in [4.69, 9.17) is 34.5 Å². The summed E-state index contributed by atoms with van der Waals surface area (Å²) in [6.07, 6.45) is -23.5. The minimum absolute atomic E-state index is 0.0631. The maximum atomic E-state index is 13.0. The Morgan fingerprint density at radius 2 is 0.856 bits per heavy atom. The number of nitrogen functional groups attached to an aromatic ring is 1. The first-order chi connectivity index (χ1) is 51.2. The fraction of sp³-hybridized carbons (Fsp3) is 0.333. The van der Waals surface area contributed by atoms with Crippen LogP contribution in [0.1, 0.15) is 104 Å². The molecule has 0 amide bonds. The van der Waals surface area contributed by atoms with Crippen molar-refractivity contribution in [2.75, 3.05) is 61.6 Å². The predicted molar refractivity (Wildman–Crippen MR) is 369 cm³/mol. The topological polar surface area (TPSA) is 284 Å². The molecule has 1 atom stereocenters. The number of rotatable bonds is 13. The van der Waals surface area contributed by atoms with E-state index in [0.29, 0.717) is 45.6 Å². The largest absolute Gasteiger partial charge is 0.496 e. The monoisotopic (exact) mass is 1600 g/mol. The second kappa shape index (κ2) is 37.1. The van der Waals surface area contributed by atoms with Crippen LogP contribution in [0.2, 0.25) is 0 Å². The SMILES string of the molecule is CCOC(=O)C(C)C(C)=O.CCOC(=O)c1[nH]c2cc(C(F)(F)F)c(OC)cc2c1C.COc1cc2c(C)c(C(=O)O)[nH]c2cc1C(F)(F)F.COc1cc2c(C)c[nH]c2cc1C(F)(F)F.COc1cc2c(C)cn(C)c2cc1C(F)(F)F.COc1ccc(N)cc1C(F)(F)F.COc1ccc([N+](=O)[O-])cc1C(F)(F)F. The number of aromatic nitrogens is 4. The van der Waals surface area contributed by atoms with Crippen LogP contribution in [0.4, 0.5) is 90.4 Å². The molecule has 6 N–H and O–H groups in total. The number of nitrogens with one attached hydrogen (secondary N) is 3. The number of Topliss-reactive ketones (excluding diaryl/α,β-unsaturated/α-hetero) is 1. The van der Waals surface area contributed by atoms with E-state index in [-0.39, 0.29) is 69.2 Å². The molecular weight excluding hydrogens is 1530 g/mol. The highest BCUT2D eigenvalue weighted by molar-refractivity contribution is 6.00. The lowest BCUT2D eigenvalue weighted by Crippen LogP contribution is -2.20. The number of carboxylic acids is 1. The van der Waals surface area contributed by atoms with Gasteiger partial charge in [0.25, 0.3) is 5.69 Å². The van der Waals surface area contributed by atoms with Crippen LogP contribution in [-0.2, 0) is 63.2 Å². The van der Waals surface area contributed by atoms with Crippen molar-refractivity contribution >= 4 is 78.7 Å². The molecule has 606 valence electrons. The Labute approximate surface area is 618 Å². The summed E-state index contributed by atoms with van der Waals surface area (Å²) in [5.74, 6) is -4.59. The van der Waals surface area contributed by atoms with Crippen LogP contribution in [0.15, 0.2) is 97.3 Å². The van der Waals surface area contributed by atoms with Gasteiger partial charge in [-0.3, -0.25) is 19.7 Å². The Morgan fingerprint density at radius 1 is 0.495 bits per heavy atom. The van der Waals surface area contributed by atoms with Gasteiger partial charge in [0.05, 0.1) is 88.6 Å². The molecule has 0 aliphatic carbocycles. The van der Waals surface area contributed by atoms with Crippen LogP contribution in [-0.4, -0.2) is 109 Å². The number of ketones is 1. The van der Waals surface area contributed by atoms with Crippen molar-refractivity contribution in [3.05, 3.63) is 174 Å². The maximum absolute atomic E-state index is 13.0. The van der Waals surface area contributed by atoms with Crippen LogP contribution >= 0.6 is 0 Å². The van der Waals surface area contributed by atoms with Crippen molar-refractivity contribution in [1.29, 1.82) is 0 Å². The van der Waals surface area contributed by atoms with Crippen molar-refractivity contribution in [2.45, 2.75) is 92.4 Å². The molecule has 4 aromatic heterocycles. The van der Waals surface area contributed by atoms with Gasteiger partial charge >= 0.3 is 55.0 Å². The van der Waals surface area contributed by atoms with Crippen LogP contribution in [0.25, 0.3) is 43.6 Å². The number of carboxylic acid groups (broad SMARTS) is 1. The van der Waals surface area contributed by atoms with Crippen LogP contribution < -0.4 is 34.2 Å². The first-order valence-electron chi connectivity index (χ1n) is 31.7. The van der Waals surface area contributed by atoms with Crippen LogP contribution in [0.5, 0.6) is 34.5 Å². The zero-order valence-electron chi connectivity index (χ0n) is 61.2. The van der Waals surface area contributed by atoms with Crippen LogP contribution in [0, 0.1) is 43.7 Å². The van der Waals surface area contributed by atoms with Crippen molar-refractivity contribution in [3.63, 3.8) is 0 Å². The highest BCUT2D eigenvalue weighted by Crippen LogP contribution is 2.45. The number of aryl methyl sites for hydroxylation is 5.